The maximum absolute atomic E-state index is 12.2. The average Bonchev–Trinajstić information content (AvgIpc) is 2.76. The monoisotopic (exact) mass is 260 g/mol. The van der Waals surface area contributed by atoms with Crippen molar-refractivity contribution in [2.45, 2.75) is 31.8 Å². The highest BCUT2D eigenvalue weighted by atomic mass is 32.2. The molecule has 2 amide bonds. The van der Waals surface area contributed by atoms with Gasteiger partial charge >= 0.3 is 12.0 Å². The molecule has 1 heterocycles. The molecule has 0 aliphatic carbocycles. The number of carbonyl (C=O) groups excluding carboxylic acids is 1. The van der Waals surface area contributed by atoms with Crippen molar-refractivity contribution in [2.24, 2.45) is 0 Å². The van der Waals surface area contributed by atoms with Gasteiger partial charge in [0, 0.05) is 25.4 Å². The largest absolute Gasteiger partial charge is 0.480 e. The number of nitrogens with zero attached hydrogens (tertiary/aromatic N) is 2. The topological polar surface area (TPSA) is 60.9 Å². The summed E-state index contributed by atoms with van der Waals surface area (Å²) in [6.07, 6.45) is 3.32. The molecule has 0 radical (unpaired) electrons. The van der Waals surface area contributed by atoms with Gasteiger partial charge in [-0.05, 0) is 26.0 Å². The normalized spacial score (nSPS) is 21.4. The first-order chi connectivity index (χ1) is 7.99. The van der Waals surface area contributed by atoms with Crippen LogP contribution in [0.1, 0.15) is 19.8 Å². The molecule has 17 heavy (non-hydrogen) atoms. The third-order valence-corrected chi connectivity index (χ3v) is 3.97. The number of aliphatic carboxylic acids is 1. The maximum Gasteiger partial charge on any atom is 0.326 e. The fourth-order valence-corrected chi connectivity index (χ4v) is 2.70. The highest BCUT2D eigenvalue weighted by Crippen LogP contribution is 2.20. The van der Waals surface area contributed by atoms with Gasteiger partial charge in [-0.2, -0.15) is 11.8 Å². The van der Waals surface area contributed by atoms with Gasteiger partial charge in [0.05, 0.1) is 0 Å². The molecule has 1 aliphatic heterocycles. The Balaban J connectivity index is 2.65. The number of thioether (sulfide) groups is 1. The number of carbonyl (C=O) groups is 2. The standard InChI is InChI=1S/C11H20N2O3S/c1-8(7-17-3)12(2)11(16)13-6-4-5-9(13)10(14)15/h8-9H,4-7H2,1-3H3,(H,14,15)/t8?,9-/m0/s1. The van der Waals surface area contributed by atoms with Crippen molar-refractivity contribution in [3.8, 4) is 0 Å². The van der Waals surface area contributed by atoms with Crippen LogP contribution in [0.15, 0.2) is 0 Å². The predicted octanol–water partition coefficient (Wildman–Crippen LogP) is 1.34. The number of rotatable bonds is 4. The molecule has 0 aromatic heterocycles. The Morgan fingerprint density at radius 1 is 1.59 bits per heavy atom. The number of hydrogen-bond donors (Lipinski definition) is 1. The molecule has 1 N–H and O–H groups in total. The average molecular weight is 260 g/mol. The molecular weight excluding hydrogens is 240 g/mol. The molecule has 6 heteroatoms. The van der Waals surface area contributed by atoms with Gasteiger partial charge < -0.3 is 14.9 Å². The molecule has 5 nitrogen and oxygen atoms in total. The lowest BCUT2D eigenvalue weighted by Gasteiger charge is -2.31. The van der Waals surface area contributed by atoms with Crippen molar-refractivity contribution < 1.29 is 14.7 Å². The first-order valence-electron chi connectivity index (χ1n) is 5.74. The molecule has 0 aromatic carbocycles. The minimum atomic E-state index is -0.901. The number of amides is 2. The number of carboxylic acid groups (broad SMARTS) is 1. The molecular formula is C11H20N2O3S. The van der Waals surface area contributed by atoms with E-state index in [0.29, 0.717) is 13.0 Å². The zero-order chi connectivity index (χ0) is 13.0. The van der Waals surface area contributed by atoms with Gasteiger partial charge in [-0.3, -0.25) is 0 Å². The molecule has 0 aromatic rings. The Bertz CT molecular complexity index is 298. The van der Waals surface area contributed by atoms with Gasteiger partial charge in [-0.1, -0.05) is 0 Å². The molecule has 1 fully saturated rings. The minimum absolute atomic E-state index is 0.118. The molecule has 0 bridgehead atoms. The molecule has 0 saturated carbocycles. The summed E-state index contributed by atoms with van der Waals surface area (Å²) in [6, 6.07) is -0.699. The van der Waals surface area contributed by atoms with Crippen LogP contribution in [0.2, 0.25) is 0 Å². The highest BCUT2D eigenvalue weighted by molar-refractivity contribution is 7.98. The first kappa shape index (κ1) is 14.2. The fraction of sp³-hybridized carbons (Fsp3) is 0.818. The smallest absolute Gasteiger partial charge is 0.326 e. The SMILES string of the molecule is CSCC(C)N(C)C(=O)N1CCC[C@H]1C(=O)O. The van der Waals surface area contributed by atoms with Crippen LogP contribution in [-0.4, -0.2) is 64.6 Å². The number of hydrogen-bond acceptors (Lipinski definition) is 3. The first-order valence-corrected chi connectivity index (χ1v) is 7.13. The lowest BCUT2D eigenvalue weighted by molar-refractivity contribution is -0.141. The van der Waals surface area contributed by atoms with E-state index in [4.69, 9.17) is 5.11 Å². The van der Waals surface area contributed by atoms with Crippen LogP contribution in [0, 0.1) is 0 Å². The Labute approximate surface area is 106 Å². The van der Waals surface area contributed by atoms with Crippen LogP contribution in [0.4, 0.5) is 4.79 Å². The zero-order valence-corrected chi connectivity index (χ0v) is 11.4. The third-order valence-electron chi connectivity index (χ3n) is 3.15. The van der Waals surface area contributed by atoms with Crippen molar-refractivity contribution in [2.75, 3.05) is 25.6 Å². The quantitative estimate of drug-likeness (QED) is 0.828. The highest BCUT2D eigenvalue weighted by Gasteiger charge is 2.36. The Morgan fingerprint density at radius 3 is 2.76 bits per heavy atom. The van der Waals surface area contributed by atoms with E-state index in [1.165, 1.54) is 4.90 Å². The molecule has 1 unspecified atom stereocenters. The van der Waals surface area contributed by atoms with E-state index in [1.807, 2.05) is 13.2 Å². The summed E-state index contributed by atoms with van der Waals surface area (Å²) in [4.78, 5) is 26.3. The van der Waals surface area contributed by atoms with Crippen LogP contribution in [0.3, 0.4) is 0 Å². The second-order valence-corrected chi connectivity index (χ2v) is 5.30. The van der Waals surface area contributed by atoms with E-state index in [1.54, 1.807) is 23.7 Å². The summed E-state index contributed by atoms with van der Waals surface area (Å²) in [6.45, 7) is 2.52. The van der Waals surface area contributed by atoms with Crippen molar-refractivity contribution in [3.63, 3.8) is 0 Å². The zero-order valence-electron chi connectivity index (χ0n) is 10.5. The van der Waals surface area contributed by atoms with Gasteiger partial charge in [0.2, 0.25) is 0 Å². The maximum atomic E-state index is 12.2. The van der Waals surface area contributed by atoms with E-state index in [-0.39, 0.29) is 12.1 Å². The van der Waals surface area contributed by atoms with Crippen LogP contribution in [0.5, 0.6) is 0 Å². The fourth-order valence-electron chi connectivity index (χ4n) is 2.00. The van der Waals surface area contributed by atoms with Crippen LogP contribution in [0.25, 0.3) is 0 Å². The van der Waals surface area contributed by atoms with Gasteiger partial charge in [0.15, 0.2) is 0 Å². The van der Waals surface area contributed by atoms with E-state index >= 15 is 0 Å². The molecule has 1 rings (SSSR count). The Hall–Kier alpha value is -0.910. The van der Waals surface area contributed by atoms with E-state index in [0.717, 1.165) is 12.2 Å². The van der Waals surface area contributed by atoms with E-state index in [2.05, 4.69) is 0 Å². The van der Waals surface area contributed by atoms with Crippen LogP contribution >= 0.6 is 11.8 Å². The van der Waals surface area contributed by atoms with Crippen molar-refractivity contribution in [1.82, 2.24) is 9.80 Å². The summed E-state index contributed by atoms with van der Waals surface area (Å²) < 4.78 is 0. The summed E-state index contributed by atoms with van der Waals surface area (Å²) in [7, 11) is 1.74. The number of urea groups is 1. The van der Waals surface area contributed by atoms with Crippen molar-refractivity contribution >= 4 is 23.8 Å². The van der Waals surface area contributed by atoms with Gasteiger partial charge in [0.1, 0.15) is 6.04 Å². The molecule has 98 valence electrons. The number of likely N-dealkylation sites (tertiary alicyclic amines) is 1. The second-order valence-electron chi connectivity index (χ2n) is 4.39. The van der Waals surface area contributed by atoms with Crippen LogP contribution < -0.4 is 0 Å². The Kier molecular flexibility index (Phi) is 5.11. The van der Waals surface area contributed by atoms with Gasteiger partial charge in [-0.25, -0.2) is 9.59 Å². The molecule has 1 aliphatic rings. The number of carboxylic acids is 1. The summed E-state index contributed by atoms with van der Waals surface area (Å²) >= 11 is 1.68. The lowest BCUT2D eigenvalue weighted by Crippen LogP contribution is -2.49. The summed E-state index contributed by atoms with van der Waals surface area (Å²) in [5, 5.41) is 9.04. The van der Waals surface area contributed by atoms with E-state index < -0.39 is 12.0 Å². The third kappa shape index (κ3) is 3.28. The molecule has 2 atom stereocenters. The summed E-state index contributed by atoms with van der Waals surface area (Å²) in [5.74, 6) is -0.0462. The predicted molar refractivity (Wildman–Crippen MR) is 68.4 cm³/mol. The molecule has 0 spiro atoms. The summed E-state index contributed by atoms with van der Waals surface area (Å²) in [5.41, 5.74) is 0. The van der Waals surface area contributed by atoms with Crippen LogP contribution in [-0.2, 0) is 4.79 Å². The second kappa shape index (κ2) is 6.14. The molecule has 1 saturated heterocycles. The Morgan fingerprint density at radius 2 is 2.24 bits per heavy atom. The van der Waals surface area contributed by atoms with Gasteiger partial charge in [0.25, 0.3) is 0 Å². The lowest BCUT2D eigenvalue weighted by atomic mass is 10.2. The van der Waals surface area contributed by atoms with Crippen molar-refractivity contribution in [1.29, 1.82) is 0 Å². The van der Waals surface area contributed by atoms with Gasteiger partial charge in [-0.15, -0.1) is 0 Å². The van der Waals surface area contributed by atoms with E-state index in [9.17, 15) is 9.59 Å². The van der Waals surface area contributed by atoms with Crippen molar-refractivity contribution in [3.05, 3.63) is 0 Å². The minimum Gasteiger partial charge on any atom is -0.480 e.